The minimum absolute atomic E-state index is 0.0189. The minimum atomic E-state index is -5.05. The van der Waals surface area contributed by atoms with E-state index in [0.717, 1.165) is 0 Å². The Hall–Kier alpha value is -2.90. The normalized spacial score (nSPS) is 26.8. The lowest BCUT2D eigenvalue weighted by molar-refractivity contribution is -0.321. The molecule has 226 valence electrons. The van der Waals surface area contributed by atoms with E-state index in [1.165, 1.54) is 4.90 Å². The van der Waals surface area contributed by atoms with Gasteiger partial charge in [-0.1, -0.05) is 20.8 Å². The Morgan fingerprint density at radius 2 is 1.77 bits per heavy atom. The molecule has 11 nitrogen and oxygen atoms in total. The summed E-state index contributed by atoms with van der Waals surface area (Å²) >= 11 is 0. The van der Waals surface area contributed by atoms with E-state index in [9.17, 15) is 37.1 Å². The van der Waals surface area contributed by atoms with E-state index in [4.69, 9.17) is 4.74 Å². The number of amides is 4. The summed E-state index contributed by atoms with van der Waals surface area (Å²) in [5.74, 6) is -3.55. The van der Waals surface area contributed by atoms with Crippen molar-refractivity contribution >= 4 is 29.6 Å². The summed E-state index contributed by atoms with van der Waals surface area (Å²) < 4.78 is 46.8. The van der Waals surface area contributed by atoms with Crippen molar-refractivity contribution < 1.29 is 46.6 Å². The number of carbonyl (C=O) groups is 5. The third kappa shape index (κ3) is 7.43. The standard InChI is InChI=1S/C26H39F3N4O7/c1-7-15(32-23(38)40-24(2,3)4)22(37)33-11-14-18(25(14,5)6)19(33)21(36)31-16(10-13-8-9-30-20(13)35)17(34)12-39-26(27,28)29/h13-16,18-19H,7-12H2,1-6H3,(H,30,35)(H,31,36)(H,32,38)/t13-,14-,15+,16-,18-,19-/m0/s1. The number of ether oxygens (including phenoxy) is 2. The summed E-state index contributed by atoms with van der Waals surface area (Å²) in [6, 6.07) is -3.42. The topological polar surface area (TPSA) is 143 Å². The van der Waals surface area contributed by atoms with Gasteiger partial charge in [0, 0.05) is 19.0 Å². The average Bonchev–Trinajstić information content (AvgIpc) is 3.17. The van der Waals surface area contributed by atoms with Gasteiger partial charge in [0.15, 0.2) is 5.78 Å². The Morgan fingerprint density at radius 1 is 1.12 bits per heavy atom. The molecule has 4 amide bonds. The number of alkyl carbamates (subject to hydrolysis) is 1. The molecule has 1 aliphatic carbocycles. The fourth-order valence-corrected chi connectivity index (χ4v) is 5.74. The smallest absolute Gasteiger partial charge is 0.444 e. The van der Waals surface area contributed by atoms with Crippen LogP contribution < -0.4 is 16.0 Å². The second kappa shape index (κ2) is 11.5. The lowest BCUT2D eigenvalue weighted by Gasteiger charge is -2.34. The highest BCUT2D eigenvalue weighted by molar-refractivity contribution is 5.96. The summed E-state index contributed by atoms with van der Waals surface area (Å²) in [5, 5.41) is 7.68. The number of fused-ring (bicyclic) bond motifs is 1. The largest absolute Gasteiger partial charge is 0.522 e. The number of piperidine rings is 1. The number of hydrogen-bond donors (Lipinski definition) is 3. The second-order valence-electron chi connectivity index (χ2n) is 12.3. The van der Waals surface area contributed by atoms with E-state index < -0.39 is 66.3 Å². The van der Waals surface area contributed by atoms with E-state index >= 15 is 0 Å². The van der Waals surface area contributed by atoms with Crippen molar-refractivity contribution in [1.29, 1.82) is 0 Å². The molecule has 1 saturated carbocycles. The highest BCUT2D eigenvalue weighted by Crippen LogP contribution is 2.65. The molecule has 0 bridgehead atoms. The second-order valence-corrected chi connectivity index (χ2v) is 12.3. The van der Waals surface area contributed by atoms with Gasteiger partial charge in [-0.05, 0) is 57.3 Å². The van der Waals surface area contributed by atoms with Gasteiger partial charge in [0.05, 0.1) is 6.04 Å². The van der Waals surface area contributed by atoms with Gasteiger partial charge in [0.2, 0.25) is 17.7 Å². The first kappa shape index (κ1) is 31.6. The zero-order chi connectivity index (χ0) is 30.2. The lowest BCUT2D eigenvalue weighted by atomic mass is 9.94. The van der Waals surface area contributed by atoms with Crippen LogP contribution in [0.15, 0.2) is 0 Å². The summed E-state index contributed by atoms with van der Waals surface area (Å²) in [5.41, 5.74) is -1.08. The Kier molecular flexibility index (Phi) is 9.12. The molecule has 2 aliphatic heterocycles. The first-order chi connectivity index (χ1) is 18.4. The molecule has 3 aliphatic rings. The molecule has 0 aromatic heterocycles. The van der Waals surface area contributed by atoms with Gasteiger partial charge in [0.1, 0.15) is 24.3 Å². The van der Waals surface area contributed by atoms with Gasteiger partial charge in [-0.15, -0.1) is 13.2 Å². The maximum Gasteiger partial charge on any atom is 0.522 e. The molecule has 3 fully saturated rings. The number of carbonyl (C=O) groups excluding carboxylic acids is 5. The fourth-order valence-electron chi connectivity index (χ4n) is 5.74. The van der Waals surface area contributed by atoms with Crippen molar-refractivity contribution in [2.75, 3.05) is 19.7 Å². The Bertz CT molecular complexity index is 1030. The van der Waals surface area contributed by atoms with Crippen LogP contribution in [0, 0.1) is 23.2 Å². The lowest BCUT2D eigenvalue weighted by Crippen LogP contribution is -2.58. The molecular formula is C26H39F3N4O7. The van der Waals surface area contributed by atoms with E-state index in [-0.39, 0.29) is 42.5 Å². The monoisotopic (exact) mass is 576 g/mol. The zero-order valence-electron chi connectivity index (χ0n) is 23.6. The Morgan fingerprint density at radius 3 is 2.30 bits per heavy atom. The molecule has 2 saturated heterocycles. The molecule has 40 heavy (non-hydrogen) atoms. The fraction of sp³-hybridized carbons (Fsp3) is 0.808. The van der Waals surface area contributed by atoms with Crippen molar-refractivity contribution in [3.63, 3.8) is 0 Å². The van der Waals surface area contributed by atoms with Crippen molar-refractivity contribution in [3.8, 4) is 0 Å². The van der Waals surface area contributed by atoms with Gasteiger partial charge in [0.25, 0.3) is 0 Å². The molecule has 0 aromatic rings. The first-order valence-electron chi connectivity index (χ1n) is 13.5. The van der Waals surface area contributed by atoms with Crippen LogP contribution in [0.3, 0.4) is 0 Å². The zero-order valence-corrected chi connectivity index (χ0v) is 23.6. The average molecular weight is 577 g/mol. The number of ketones is 1. The maximum absolute atomic E-state index is 13.6. The number of alkyl halides is 3. The molecule has 3 N–H and O–H groups in total. The summed E-state index contributed by atoms with van der Waals surface area (Å²) in [6.07, 6.45) is -5.46. The van der Waals surface area contributed by atoms with Crippen LogP contribution >= 0.6 is 0 Å². The molecule has 2 heterocycles. The van der Waals surface area contributed by atoms with E-state index in [1.54, 1.807) is 27.7 Å². The van der Waals surface area contributed by atoms with Crippen LogP contribution in [-0.2, 0) is 28.7 Å². The van der Waals surface area contributed by atoms with Gasteiger partial charge < -0.3 is 25.6 Å². The maximum atomic E-state index is 13.6. The minimum Gasteiger partial charge on any atom is -0.444 e. The molecule has 0 unspecified atom stereocenters. The number of likely N-dealkylation sites (tertiary alicyclic amines) is 1. The van der Waals surface area contributed by atoms with Gasteiger partial charge in [-0.2, -0.15) is 0 Å². The van der Waals surface area contributed by atoms with E-state index in [2.05, 4.69) is 20.7 Å². The van der Waals surface area contributed by atoms with Gasteiger partial charge in [-0.25, -0.2) is 4.79 Å². The van der Waals surface area contributed by atoms with Crippen molar-refractivity contribution in [1.82, 2.24) is 20.9 Å². The number of Topliss-reactive ketones (excluding diaryl/α,β-unsaturated/α-hetero) is 1. The summed E-state index contributed by atoms with van der Waals surface area (Å²) in [4.78, 5) is 65.7. The summed E-state index contributed by atoms with van der Waals surface area (Å²) in [7, 11) is 0. The van der Waals surface area contributed by atoms with Crippen molar-refractivity contribution in [3.05, 3.63) is 0 Å². The number of nitrogens with zero attached hydrogens (tertiary/aromatic N) is 1. The molecule has 0 spiro atoms. The van der Waals surface area contributed by atoms with Crippen LogP contribution in [0.2, 0.25) is 0 Å². The van der Waals surface area contributed by atoms with Crippen LogP contribution in [-0.4, -0.2) is 84.3 Å². The van der Waals surface area contributed by atoms with Crippen molar-refractivity contribution in [2.24, 2.45) is 23.2 Å². The Balaban J connectivity index is 1.79. The number of halogens is 3. The molecule has 0 aromatic carbocycles. The molecular weight excluding hydrogens is 537 g/mol. The molecule has 14 heteroatoms. The molecule has 6 atom stereocenters. The SMILES string of the molecule is CC[C@@H](NC(=O)OC(C)(C)C)C(=O)N1C[C@H]2[C@@H]([C@H]1C(=O)N[C@@H](C[C@@H]1CCNC1=O)C(=O)COC(F)(F)F)C2(C)C. The number of nitrogens with one attached hydrogen (secondary N) is 3. The van der Waals surface area contributed by atoms with Gasteiger partial charge in [-0.3, -0.25) is 23.9 Å². The first-order valence-corrected chi connectivity index (χ1v) is 13.5. The number of hydrogen-bond acceptors (Lipinski definition) is 7. The molecule has 0 radical (unpaired) electrons. The van der Waals surface area contributed by atoms with Gasteiger partial charge >= 0.3 is 12.5 Å². The van der Waals surface area contributed by atoms with Crippen molar-refractivity contribution in [2.45, 2.75) is 90.9 Å². The quantitative estimate of drug-likeness (QED) is 0.360. The van der Waals surface area contributed by atoms with Crippen LogP contribution in [0.25, 0.3) is 0 Å². The van der Waals surface area contributed by atoms with Crippen LogP contribution in [0.5, 0.6) is 0 Å². The van der Waals surface area contributed by atoms with E-state index in [1.807, 2.05) is 13.8 Å². The molecule has 3 rings (SSSR count). The Labute approximate surface area is 231 Å². The third-order valence-corrected chi connectivity index (χ3v) is 7.92. The van der Waals surface area contributed by atoms with Crippen LogP contribution in [0.1, 0.15) is 60.8 Å². The summed E-state index contributed by atoms with van der Waals surface area (Å²) in [6.45, 7) is 9.89. The predicted molar refractivity (Wildman–Crippen MR) is 134 cm³/mol. The third-order valence-electron chi connectivity index (χ3n) is 7.92. The van der Waals surface area contributed by atoms with E-state index in [0.29, 0.717) is 13.0 Å². The highest BCUT2D eigenvalue weighted by Gasteiger charge is 2.69. The van der Waals surface area contributed by atoms with Crippen LogP contribution in [0.4, 0.5) is 18.0 Å². The predicted octanol–water partition coefficient (Wildman–Crippen LogP) is 1.89. The highest BCUT2D eigenvalue weighted by atomic mass is 19.4. The number of rotatable bonds is 10.